The highest BCUT2D eigenvalue weighted by atomic mass is 16.1. The Balaban J connectivity index is 1.36. The molecule has 1 amide bonds. The number of hydrogen-bond donors (Lipinski definition) is 3. The van der Waals surface area contributed by atoms with E-state index in [1.54, 1.807) is 6.20 Å². The maximum Gasteiger partial charge on any atom is 0.272 e. The Kier molecular flexibility index (Phi) is 5.20. The Morgan fingerprint density at radius 2 is 2.07 bits per heavy atom. The number of rotatable bonds is 5. The van der Waals surface area contributed by atoms with Gasteiger partial charge in [0.25, 0.3) is 5.91 Å². The lowest BCUT2D eigenvalue weighted by Gasteiger charge is -2.31. The van der Waals surface area contributed by atoms with Crippen molar-refractivity contribution in [3.63, 3.8) is 0 Å². The standard InChI is InChI=1S/C19H27N7O/c1-13-17(14(2)23-22-13)12-25-7-8-26-16(11-25)9-18(24-26)19(27)21-10-15-5-3-4-6-20-15/h3-6,9,13-14,17,22-23H,7-8,10-12H2,1-2H3,(H,21,27). The summed E-state index contributed by atoms with van der Waals surface area (Å²) >= 11 is 0. The van der Waals surface area contributed by atoms with Crippen LogP contribution in [0.1, 0.15) is 35.7 Å². The highest BCUT2D eigenvalue weighted by Crippen LogP contribution is 2.20. The third kappa shape index (κ3) is 4.02. The van der Waals surface area contributed by atoms with Crippen molar-refractivity contribution in [2.24, 2.45) is 5.92 Å². The minimum Gasteiger partial charge on any atom is -0.345 e. The van der Waals surface area contributed by atoms with E-state index in [1.165, 1.54) is 0 Å². The number of carbonyl (C=O) groups is 1. The largest absolute Gasteiger partial charge is 0.345 e. The maximum absolute atomic E-state index is 12.4. The molecule has 4 heterocycles. The molecule has 0 aromatic carbocycles. The highest BCUT2D eigenvalue weighted by Gasteiger charge is 2.32. The third-order valence-corrected chi connectivity index (χ3v) is 5.56. The van der Waals surface area contributed by atoms with Crippen molar-refractivity contribution in [3.05, 3.63) is 47.5 Å². The monoisotopic (exact) mass is 369 g/mol. The Labute approximate surface area is 159 Å². The second-order valence-corrected chi connectivity index (χ2v) is 7.51. The normalized spacial score (nSPS) is 25.3. The molecule has 8 heteroatoms. The van der Waals surface area contributed by atoms with Crippen LogP contribution in [-0.4, -0.2) is 50.7 Å². The second-order valence-electron chi connectivity index (χ2n) is 7.51. The van der Waals surface area contributed by atoms with Crippen LogP contribution in [0.4, 0.5) is 0 Å². The molecular weight excluding hydrogens is 342 g/mol. The smallest absolute Gasteiger partial charge is 0.272 e. The van der Waals surface area contributed by atoms with Crippen LogP contribution in [0, 0.1) is 5.92 Å². The van der Waals surface area contributed by atoms with E-state index < -0.39 is 0 Å². The molecule has 2 aliphatic rings. The summed E-state index contributed by atoms with van der Waals surface area (Å²) in [7, 11) is 0. The molecular formula is C19H27N7O. The van der Waals surface area contributed by atoms with Crippen LogP contribution >= 0.6 is 0 Å². The van der Waals surface area contributed by atoms with E-state index in [4.69, 9.17) is 0 Å². The van der Waals surface area contributed by atoms with Gasteiger partial charge in [-0.2, -0.15) is 5.10 Å². The minimum atomic E-state index is -0.152. The lowest BCUT2D eigenvalue weighted by Crippen LogP contribution is -2.41. The van der Waals surface area contributed by atoms with Crippen LogP contribution in [-0.2, 0) is 19.6 Å². The molecule has 2 aromatic rings. The van der Waals surface area contributed by atoms with Crippen molar-refractivity contribution in [2.45, 2.75) is 45.6 Å². The van der Waals surface area contributed by atoms with E-state index in [9.17, 15) is 4.79 Å². The zero-order chi connectivity index (χ0) is 18.8. The molecule has 2 unspecified atom stereocenters. The zero-order valence-corrected chi connectivity index (χ0v) is 15.9. The van der Waals surface area contributed by atoms with E-state index in [-0.39, 0.29) is 5.91 Å². The summed E-state index contributed by atoms with van der Waals surface area (Å²) in [6.45, 7) is 8.49. The van der Waals surface area contributed by atoms with Gasteiger partial charge in [-0.1, -0.05) is 6.07 Å². The highest BCUT2D eigenvalue weighted by molar-refractivity contribution is 5.92. The number of hydrogen-bond acceptors (Lipinski definition) is 6. The van der Waals surface area contributed by atoms with Gasteiger partial charge in [0.05, 0.1) is 24.5 Å². The molecule has 3 N–H and O–H groups in total. The van der Waals surface area contributed by atoms with E-state index in [1.807, 2.05) is 28.9 Å². The number of nitrogens with zero attached hydrogens (tertiary/aromatic N) is 4. The predicted molar refractivity (Wildman–Crippen MR) is 102 cm³/mol. The average molecular weight is 369 g/mol. The van der Waals surface area contributed by atoms with Crippen LogP contribution in [0.25, 0.3) is 0 Å². The lowest BCUT2D eigenvalue weighted by atomic mass is 9.96. The Morgan fingerprint density at radius 1 is 1.26 bits per heavy atom. The van der Waals surface area contributed by atoms with Crippen molar-refractivity contribution in [2.75, 3.05) is 13.1 Å². The zero-order valence-electron chi connectivity index (χ0n) is 15.9. The van der Waals surface area contributed by atoms with Crippen LogP contribution in [0.15, 0.2) is 30.5 Å². The summed E-state index contributed by atoms with van der Waals surface area (Å²) in [6, 6.07) is 8.50. The third-order valence-electron chi connectivity index (χ3n) is 5.56. The number of fused-ring (bicyclic) bond motifs is 1. The molecule has 0 aliphatic carbocycles. The van der Waals surface area contributed by atoms with Gasteiger partial charge in [0, 0.05) is 43.8 Å². The molecule has 2 atom stereocenters. The van der Waals surface area contributed by atoms with Crippen LogP contribution in [0.5, 0.6) is 0 Å². The Bertz CT molecular complexity index is 781. The molecule has 1 saturated heterocycles. The number of nitrogens with one attached hydrogen (secondary N) is 3. The van der Waals surface area contributed by atoms with Gasteiger partial charge < -0.3 is 5.32 Å². The van der Waals surface area contributed by atoms with Gasteiger partial charge in [0.15, 0.2) is 5.69 Å². The second kappa shape index (κ2) is 7.75. The van der Waals surface area contributed by atoms with Crippen LogP contribution in [0.3, 0.4) is 0 Å². The van der Waals surface area contributed by atoms with Crippen molar-refractivity contribution in [1.29, 1.82) is 0 Å². The number of carbonyl (C=O) groups excluding carboxylic acids is 1. The molecule has 0 saturated carbocycles. The molecule has 27 heavy (non-hydrogen) atoms. The molecule has 4 rings (SSSR count). The average Bonchev–Trinajstić information content (AvgIpc) is 3.25. The Morgan fingerprint density at radius 3 is 2.81 bits per heavy atom. The molecule has 144 valence electrons. The number of aromatic nitrogens is 3. The van der Waals surface area contributed by atoms with Gasteiger partial charge >= 0.3 is 0 Å². The molecule has 0 bridgehead atoms. The first kappa shape index (κ1) is 18.1. The van der Waals surface area contributed by atoms with Gasteiger partial charge in [-0.25, -0.2) is 0 Å². The molecule has 2 aliphatic heterocycles. The predicted octanol–water partition coefficient (Wildman–Crippen LogP) is 0.525. The first-order chi connectivity index (χ1) is 13.1. The maximum atomic E-state index is 12.4. The van der Waals surface area contributed by atoms with Gasteiger partial charge in [-0.05, 0) is 32.0 Å². The number of pyridine rings is 1. The van der Waals surface area contributed by atoms with Gasteiger partial charge in [-0.3, -0.25) is 30.2 Å². The first-order valence-electron chi connectivity index (χ1n) is 9.58. The van der Waals surface area contributed by atoms with Gasteiger partial charge in [-0.15, -0.1) is 0 Å². The van der Waals surface area contributed by atoms with Gasteiger partial charge in [0.1, 0.15) is 0 Å². The molecule has 0 spiro atoms. The van der Waals surface area contributed by atoms with Crippen molar-refractivity contribution in [3.8, 4) is 0 Å². The molecule has 0 radical (unpaired) electrons. The minimum absolute atomic E-state index is 0.152. The van der Waals surface area contributed by atoms with Crippen molar-refractivity contribution in [1.82, 2.24) is 35.8 Å². The van der Waals surface area contributed by atoms with Crippen molar-refractivity contribution >= 4 is 5.91 Å². The van der Waals surface area contributed by atoms with E-state index in [0.717, 1.165) is 37.6 Å². The summed E-state index contributed by atoms with van der Waals surface area (Å²) < 4.78 is 1.96. The summed E-state index contributed by atoms with van der Waals surface area (Å²) in [6.07, 6.45) is 1.72. The first-order valence-corrected chi connectivity index (χ1v) is 9.58. The van der Waals surface area contributed by atoms with Crippen molar-refractivity contribution < 1.29 is 4.79 Å². The SMILES string of the molecule is CC1NNC(C)C1CN1CCn2nc(C(=O)NCc3ccccn3)cc2C1. The molecule has 1 fully saturated rings. The lowest BCUT2D eigenvalue weighted by molar-refractivity contribution is 0.0944. The number of amides is 1. The summed E-state index contributed by atoms with van der Waals surface area (Å²) in [5.41, 5.74) is 9.06. The fourth-order valence-electron chi connectivity index (χ4n) is 3.88. The van der Waals surface area contributed by atoms with Gasteiger partial charge in [0.2, 0.25) is 0 Å². The topological polar surface area (TPSA) is 87.1 Å². The molecule has 8 nitrogen and oxygen atoms in total. The Hall–Kier alpha value is -2.29. The van der Waals surface area contributed by atoms with E-state index in [2.05, 4.69) is 45.0 Å². The van der Waals surface area contributed by atoms with Crippen LogP contribution < -0.4 is 16.2 Å². The summed E-state index contributed by atoms with van der Waals surface area (Å²) in [5, 5.41) is 7.39. The fraction of sp³-hybridized carbons (Fsp3) is 0.526. The van der Waals surface area contributed by atoms with E-state index >= 15 is 0 Å². The summed E-state index contributed by atoms with van der Waals surface area (Å²) in [5.74, 6) is 0.418. The summed E-state index contributed by atoms with van der Waals surface area (Å²) in [4.78, 5) is 19.1. The molecule has 2 aromatic heterocycles. The van der Waals surface area contributed by atoms with Crippen LogP contribution in [0.2, 0.25) is 0 Å². The number of hydrazine groups is 1. The fourth-order valence-corrected chi connectivity index (χ4v) is 3.88. The van der Waals surface area contributed by atoms with E-state index in [0.29, 0.717) is 30.2 Å². The quantitative estimate of drug-likeness (QED) is 0.713.